The Hall–Kier alpha value is -2.64. The normalized spacial score (nSPS) is 21.1. The summed E-state index contributed by atoms with van der Waals surface area (Å²) in [6.45, 7) is 5.42. The third-order valence-corrected chi connectivity index (χ3v) is 7.28. The minimum Gasteiger partial charge on any atom is -0.454 e. The summed E-state index contributed by atoms with van der Waals surface area (Å²) in [5.74, 6) is 4.02. The van der Waals surface area contributed by atoms with Crippen molar-refractivity contribution in [3.05, 3.63) is 47.0 Å². The molecular formula is C26H31ClN2O5. The van der Waals surface area contributed by atoms with Gasteiger partial charge in [-0.1, -0.05) is 6.07 Å². The Morgan fingerprint density at radius 1 is 0.882 bits per heavy atom. The molecule has 0 N–H and O–H groups in total. The number of rotatable bonds is 5. The first-order valence-electron chi connectivity index (χ1n) is 12.0. The molecule has 1 fully saturated rings. The number of hydrogen-bond acceptors (Lipinski definition) is 6. The molecule has 1 unspecified atom stereocenters. The van der Waals surface area contributed by atoms with E-state index < -0.39 is 0 Å². The van der Waals surface area contributed by atoms with Crippen molar-refractivity contribution in [3.8, 4) is 23.0 Å². The smallest absolute Gasteiger partial charge is 0.231 e. The number of likely N-dealkylation sites (tertiary alicyclic amines) is 1. The summed E-state index contributed by atoms with van der Waals surface area (Å²) < 4.78 is 22.0. The molecule has 4 aliphatic heterocycles. The second-order valence-corrected chi connectivity index (χ2v) is 9.49. The number of halogens is 1. The zero-order chi connectivity index (χ0) is 22.2. The highest BCUT2D eigenvalue weighted by Crippen LogP contribution is 2.36. The molecule has 4 heterocycles. The molecule has 7 nitrogen and oxygen atoms in total. The van der Waals surface area contributed by atoms with E-state index in [1.165, 1.54) is 24.0 Å². The molecule has 2 aromatic rings. The van der Waals surface area contributed by atoms with Gasteiger partial charge in [0.2, 0.25) is 19.5 Å². The first-order valence-corrected chi connectivity index (χ1v) is 12.0. The lowest BCUT2D eigenvalue weighted by Gasteiger charge is -2.35. The molecule has 1 atom stereocenters. The number of benzene rings is 2. The van der Waals surface area contributed by atoms with Crippen LogP contribution in [0.4, 0.5) is 0 Å². The van der Waals surface area contributed by atoms with Crippen molar-refractivity contribution < 1.29 is 23.7 Å². The van der Waals surface area contributed by atoms with Gasteiger partial charge in [0, 0.05) is 26.2 Å². The summed E-state index contributed by atoms with van der Waals surface area (Å²) in [5.41, 5.74) is 3.58. The van der Waals surface area contributed by atoms with Crippen molar-refractivity contribution in [2.75, 3.05) is 46.3 Å². The monoisotopic (exact) mass is 486 g/mol. The molecule has 0 aromatic heterocycles. The van der Waals surface area contributed by atoms with Crippen molar-refractivity contribution in [3.63, 3.8) is 0 Å². The zero-order valence-corrected chi connectivity index (χ0v) is 20.1. The Balaban J connectivity index is 0.00000241. The maximum Gasteiger partial charge on any atom is 0.231 e. The molecule has 2 aromatic carbocycles. The number of ether oxygens (including phenoxy) is 4. The molecule has 4 aliphatic rings. The van der Waals surface area contributed by atoms with Gasteiger partial charge in [0.1, 0.15) is 0 Å². The van der Waals surface area contributed by atoms with Gasteiger partial charge in [-0.25, -0.2) is 0 Å². The van der Waals surface area contributed by atoms with Crippen molar-refractivity contribution >= 4 is 18.3 Å². The van der Waals surface area contributed by atoms with E-state index in [2.05, 4.69) is 28.0 Å². The van der Waals surface area contributed by atoms with Crippen LogP contribution in [0.2, 0.25) is 0 Å². The SMILES string of the molecule is Cl.O=C1Cc2cc3c(cc2CCN1CC1CCCN(CCc2ccc4c(c2)OCO4)C1)OCO3. The van der Waals surface area contributed by atoms with Crippen LogP contribution in [0.1, 0.15) is 29.5 Å². The third-order valence-electron chi connectivity index (χ3n) is 7.28. The van der Waals surface area contributed by atoms with E-state index in [0.717, 1.165) is 74.1 Å². The Bertz CT molecular complexity index is 1060. The third kappa shape index (κ3) is 4.77. The standard InChI is InChI=1S/C26H30N2O5.ClH/c29-26-13-21-12-25-24(32-17-33-25)11-20(21)6-9-28(26)15-19-2-1-7-27(14-19)8-5-18-3-4-22-23(10-18)31-16-30-22;/h3-4,10-12,19H,1-2,5-9,13-17H2;1H. The van der Waals surface area contributed by atoms with Crippen LogP contribution < -0.4 is 18.9 Å². The number of carbonyl (C=O) groups excluding carboxylic acids is 1. The predicted molar refractivity (Wildman–Crippen MR) is 129 cm³/mol. The van der Waals surface area contributed by atoms with Crippen molar-refractivity contribution in [1.29, 1.82) is 0 Å². The minimum atomic E-state index is 0. The lowest BCUT2D eigenvalue weighted by Crippen LogP contribution is -2.44. The molecule has 8 heteroatoms. The van der Waals surface area contributed by atoms with Gasteiger partial charge in [-0.05, 0) is 79.1 Å². The first kappa shape index (κ1) is 23.1. The number of amides is 1. The van der Waals surface area contributed by atoms with Gasteiger partial charge >= 0.3 is 0 Å². The van der Waals surface area contributed by atoms with Gasteiger partial charge in [0.25, 0.3) is 0 Å². The molecule has 1 amide bonds. The predicted octanol–water partition coefficient (Wildman–Crippen LogP) is 3.45. The number of carbonyl (C=O) groups is 1. The molecular weight excluding hydrogens is 456 g/mol. The maximum atomic E-state index is 13.1. The second-order valence-electron chi connectivity index (χ2n) is 9.49. The summed E-state index contributed by atoms with van der Waals surface area (Å²) in [6.07, 6.45) is 4.70. The number of piperidine rings is 1. The van der Waals surface area contributed by atoms with Crippen molar-refractivity contribution in [2.24, 2.45) is 5.92 Å². The van der Waals surface area contributed by atoms with E-state index in [1.807, 2.05) is 12.1 Å². The highest BCUT2D eigenvalue weighted by atomic mass is 35.5. The molecule has 182 valence electrons. The molecule has 0 bridgehead atoms. The van der Waals surface area contributed by atoms with Gasteiger partial charge in [-0.3, -0.25) is 4.79 Å². The molecule has 1 saturated heterocycles. The lowest BCUT2D eigenvalue weighted by atomic mass is 9.96. The first-order chi connectivity index (χ1) is 16.2. The Kier molecular flexibility index (Phi) is 6.75. The van der Waals surface area contributed by atoms with Gasteiger partial charge in [0.05, 0.1) is 6.42 Å². The number of nitrogens with zero attached hydrogens (tertiary/aromatic N) is 2. The minimum absolute atomic E-state index is 0. The van der Waals surface area contributed by atoms with E-state index in [9.17, 15) is 4.79 Å². The summed E-state index contributed by atoms with van der Waals surface area (Å²) >= 11 is 0. The van der Waals surface area contributed by atoms with E-state index in [-0.39, 0.29) is 25.1 Å². The van der Waals surface area contributed by atoms with Crippen LogP contribution in [0.15, 0.2) is 30.3 Å². The van der Waals surface area contributed by atoms with Gasteiger partial charge in [0.15, 0.2) is 23.0 Å². The summed E-state index contributed by atoms with van der Waals surface area (Å²) in [6, 6.07) is 10.3. The summed E-state index contributed by atoms with van der Waals surface area (Å²) in [5, 5.41) is 0. The topological polar surface area (TPSA) is 60.5 Å². The summed E-state index contributed by atoms with van der Waals surface area (Å²) in [7, 11) is 0. The van der Waals surface area contributed by atoms with Gasteiger partial charge in [-0.2, -0.15) is 0 Å². The molecule has 0 saturated carbocycles. The van der Waals surface area contributed by atoms with Gasteiger partial charge in [-0.15, -0.1) is 12.4 Å². The average molecular weight is 487 g/mol. The van der Waals surface area contributed by atoms with E-state index in [0.29, 0.717) is 19.1 Å². The highest BCUT2D eigenvalue weighted by Gasteiger charge is 2.28. The van der Waals surface area contributed by atoms with Gasteiger partial charge < -0.3 is 28.7 Å². The quantitative estimate of drug-likeness (QED) is 0.645. The Morgan fingerprint density at radius 3 is 2.44 bits per heavy atom. The van der Waals surface area contributed by atoms with Crippen molar-refractivity contribution in [2.45, 2.75) is 32.1 Å². The Morgan fingerprint density at radius 2 is 1.62 bits per heavy atom. The van der Waals surface area contributed by atoms with Crippen molar-refractivity contribution in [1.82, 2.24) is 9.80 Å². The van der Waals surface area contributed by atoms with Crippen LogP contribution in [0.3, 0.4) is 0 Å². The number of hydrogen-bond donors (Lipinski definition) is 0. The molecule has 0 spiro atoms. The van der Waals surface area contributed by atoms with E-state index in [4.69, 9.17) is 18.9 Å². The van der Waals surface area contributed by atoms with Crippen LogP contribution in [0.5, 0.6) is 23.0 Å². The average Bonchev–Trinajstić information content (AvgIpc) is 3.45. The van der Waals surface area contributed by atoms with Crippen LogP contribution in [-0.2, 0) is 24.1 Å². The maximum absolute atomic E-state index is 13.1. The lowest BCUT2D eigenvalue weighted by molar-refractivity contribution is -0.131. The van der Waals surface area contributed by atoms with Crippen LogP contribution in [0, 0.1) is 5.92 Å². The fourth-order valence-corrected chi connectivity index (χ4v) is 5.47. The van der Waals surface area contributed by atoms with E-state index in [1.54, 1.807) is 0 Å². The zero-order valence-electron chi connectivity index (χ0n) is 19.3. The van der Waals surface area contributed by atoms with Crippen LogP contribution in [0.25, 0.3) is 0 Å². The largest absolute Gasteiger partial charge is 0.454 e. The van der Waals surface area contributed by atoms with Crippen LogP contribution >= 0.6 is 12.4 Å². The molecule has 6 rings (SSSR count). The highest BCUT2D eigenvalue weighted by molar-refractivity contribution is 5.85. The summed E-state index contributed by atoms with van der Waals surface area (Å²) in [4.78, 5) is 17.7. The van der Waals surface area contributed by atoms with E-state index >= 15 is 0 Å². The fourth-order valence-electron chi connectivity index (χ4n) is 5.47. The molecule has 34 heavy (non-hydrogen) atoms. The fraction of sp³-hybridized carbons (Fsp3) is 0.500. The van der Waals surface area contributed by atoms with Crippen LogP contribution in [-0.4, -0.2) is 62.0 Å². The Labute approximate surface area is 206 Å². The molecule has 0 aliphatic carbocycles. The second kappa shape index (κ2) is 9.92. The molecule has 0 radical (unpaired) electrons. The number of fused-ring (bicyclic) bond motifs is 3.